The van der Waals surface area contributed by atoms with Gasteiger partial charge in [0.25, 0.3) is 0 Å². The van der Waals surface area contributed by atoms with Crippen molar-refractivity contribution in [1.82, 2.24) is 14.5 Å². The molecule has 0 spiro atoms. The molecule has 0 amide bonds. The summed E-state index contributed by atoms with van der Waals surface area (Å²) in [5, 5.41) is 13.8. The maximum Gasteiger partial charge on any atom is 0.240 e. The van der Waals surface area contributed by atoms with E-state index in [2.05, 4.69) is 21.5 Å². The Morgan fingerprint density at radius 3 is 2.65 bits per heavy atom. The monoisotopic (exact) mass is 443 g/mol. The van der Waals surface area contributed by atoms with Gasteiger partial charge in [-0.05, 0) is 70.0 Å². The summed E-state index contributed by atoms with van der Waals surface area (Å²) in [6.07, 6.45) is 2.46. The zero-order valence-corrected chi connectivity index (χ0v) is 19.1. The second-order valence-corrected chi connectivity index (χ2v) is 9.78. The number of sulfonamides is 1. The molecule has 0 atom stereocenters. The van der Waals surface area contributed by atoms with E-state index in [0.717, 1.165) is 22.7 Å². The first kappa shape index (κ1) is 23.1. The van der Waals surface area contributed by atoms with Crippen LogP contribution in [-0.2, 0) is 17.1 Å². The number of benzene rings is 1. The molecule has 1 aromatic heterocycles. The Labute approximate surface area is 183 Å². The average Bonchev–Trinajstić information content (AvgIpc) is 3.02. The second kappa shape index (κ2) is 9.25. The van der Waals surface area contributed by atoms with Gasteiger partial charge in [-0.3, -0.25) is 9.67 Å². The molecule has 1 aliphatic rings. The summed E-state index contributed by atoms with van der Waals surface area (Å²) in [5.41, 5.74) is 4.52. The van der Waals surface area contributed by atoms with E-state index in [0.29, 0.717) is 30.6 Å². The first-order valence-electron chi connectivity index (χ1n) is 10.1. The number of aliphatic hydroxyl groups is 1. The van der Waals surface area contributed by atoms with Gasteiger partial charge >= 0.3 is 0 Å². The lowest BCUT2D eigenvalue weighted by atomic mass is 9.83. The molecule has 0 unspecified atom stereocenters. The Hall–Kier alpha value is -2.62. The number of rotatable bonds is 8. The summed E-state index contributed by atoms with van der Waals surface area (Å²) < 4.78 is 30.0. The van der Waals surface area contributed by atoms with Crippen molar-refractivity contribution < 1.29 is 13.5 Å². The number of aliphatic hydroxyl groups excluding tert-OH is 1. The molecule has 1 aliphatic carbocycles. The maximum absolute atomic E-state index is 12.8. The highest BCUT2D eigenvalue weighted by Crippen LogP contribution is 2.28. The number of aromatic nitrogens is 2. The Bertz CT molecular complexity index is 1140. The van der Waals surface area contributed by atoms with Gasteiger partial charge in [-0.1, -0.05) is 6.07 Å². The molecule has 2 N–H and O–H groups in total. The first-order valence-corrected chi connectivity index (χ1v) is 11.6. The van der Waals surface area contributed by atoms with Crippen LogP contribution < -0.4 is 4.72 Å². The molecule has 0 radical (unpaired) electrons. The van der Waals surface area contributed by atoms with E-state index in [1.807, 2.05) is 33.9 Å². The van der Waals surface area contributed by atoms with Crippen molar-refractivity contribution in [3.05, 3.63) is 53.0 Å². The minimum Gasteiger partial charge on any atom is -0.393 e. The molecule has 31 heavy (non-hydrogen) atoms. The molecule has 1 aromatic carbocycles. The summed E-state index contributed by atoms with van der Waals surface area (Å²) in [6, 6.07) is 6.88. The summed E-state index contributed by atoms with van der Waals surface area (Å²) in [4.78, 5) is 8.74. The van der Waals surface area contributed by atoms with E-state index in [1.165, 1.54) is 6.20 Å². The van der Waals surface area contributed by atoms with Crippen molar-refractivity contribution in [1.29, 1.82) is 0 Å². The van der Waals surface area contributed by atoms with Crippen LogP contribution in [0.1, 0.15) is 42.3 Å². The second-order valence-electron chi connectivity index (χ2n) is 8.01. The van der Waals surface area contributed by atoms with E-state index in [1.54, 1.807) is 22.9 Å². The van der Waals surface area contributed by atoms with E-state index in [-0.39, 0.29) is 16.9 Å². The van der Waals surface area contributed by atoms with Crippen LogP contribution in [0.25, 0.3) is 5.70 Å². The van der Waals surface area contributed by atoms with Gasteiger partial charge in [0.1, 0.15) is 0 Å². The van der Waals surface area contributed by atoms with E-state index in [4.69, 9.17) is 4.99 Å². The zero-order valence-electron chi connectivity index (χ0n) is 18.3. The van der Waals surface area contributed by atoms with Crippen LogP contribution in [0.15, 0.2) is 45.3 Å². The molecule has 2 aromatic rings. The van der Waals surface area contributed by atoms with Crippen LogP contribution in [0.5, 0.6) is 0 Å². The molecular weight excluding hydrogens is 414 g/mol. The molecule has 0 aliphatic heterocycles. The van der Waals surface area contributed by atoms with Crippen LogP contribution in [0, 0.1) is 19.8 Å². The number of aliphatic imine (C=N–C) groups is 2. The zero-order chi connectivity index (χ0) is 22.8. The van der Waals surface area contributed by atoms with Crippen LogP contribution in [0.2, 0.25) is 0 Å². The minimum atomic E-state index is -3.69. The highest BCUT2D eigenvalue weighted by Gasteiger charge is 2.28. The SMILES string of the molecule is C=N/C=C(\N=C(C)c1cc(C)nn1C)c1cc(S(=O)(=O)NCC2CC(O)C2)ccc1C. The lowest BCUT2D eigenvalue weighted by Crippen LogP contribution is -2.38. The lowest BCUT2D eigenvalue weighted by molar-refractivity contribution is 0.0453. The molecule has 1 saturated carbocycles. The first-order chi connectivity index (χ1) is 14.6. The van der Waals surface area contributed by atoms with Crippen LogP contribution in [-0.4, -0.2) is 48.4 Å². The van der Waals surface area contributed by atoms with Gasteiger partial charge in [-0.25, -0.2) is 18.1 Å². The van der Waals surface area contributed by atoms with Crippen LogP contribution in [0.4, 0.5) is 0 Å². The molecule has 8 nitrogen and oxygen atoms in total. The normalized spacial score (nSPS) is 19.9. The Morgan fingerprint density at radius 1 is 1.35 bits per heavy atom. The third-order valence-electron chi connectivity index (χ3n) is 5.44. The number of aryl methyl sites for hydroxylation is 3. The lowest BCUT2D eigenvalue weighted by Gasteiger charge is -2.31. The van der Waals surface area contributed by atoms with E-state index >= 15 is 0 Å². The van der Waals surface area contributed by atoms with Gasteiger partial charge in [-0.15, -0.1) is 0 Å². The molecule has 166 valence electrons. The quantitative estimate of drug-likeness (QED) is 0.611. The molecule has 0 saturated heterocycles. The van der Waals surface area contributed by atoms with Crippen LogP contribution >= 0.6 is 0 Å². The van der Waals surface area contributed by atoms with Gasteiger partial charge in [0.15, 0.2) is 0 Å². The fourth-order valence-electron chi connectivity index (χ4n) is 3.65. The molecule has 0 bridgehead atoms. The van der Waals surface area contributed by atoms with Crippen LogP contribution in [0.3, 0.4) is 0 Å². The average molecular weight is 444 g/mol. The van der Waals surface area contributed by atoms with Crippen molar-refractivity contribution in [2.45, 2.75) is 44.6 Å². The molecule has 3 rings (SSSR count). The largest absolute Gasteiger partial charge is 0.393 e. The van der Waals surface area contributed by atoms with Gasteiger partial charge in [0, 0.05) is 19.2 Å². The van der Waals surface area contributed by atoms with E-state index in [9.17, 15) is 13.5 Å². The fraction of sp³-hybridized carbons (Fsp3) is 0.409. The molecular formula is C22H29N5O3S. The van der Waals surface area contributed by atoms with Crippen molar-refractivity contribution in [3.8, 4) is 0 Å². The van der Waals surface area contributed by atoms with Crippen molar-refractivity contribution in [2.75, 3.05) is 6.54 Å². The van der Waals surface area contributed by atoms with Gasteiger partial charge in [0.2, 0.25) is 10.0 Å². The topological polar surface area (TPSA) is 109 Å². The highest BCUT2D eigenvalue weighted by atomic mass is 32.2. The predicted molar refractivity (Wildman–Crippen MR) is 123 cm³/mol. The summed E-state index contributed by atoms with van der Waals surface area (Å²) in [7, 11) is -1.84. The molecule has 1 heterocycles. The third-order valence-corrected chi connectivity index (χ3v) is 6.86. The maximum atomic E-state index is 12.8. The summed E-state index contributed by atoms with van der Waals surface area (Å²) in [6.45, 7) is 9.53. The van der Waals surface area contributed by atoms with Crippen molar-refractivity contribution >= 4 is 28.1 Å². The third kappa shape index (κ3) is 5.36. The Balaban J connectivity index is 1.92. The minimum absolute atomic E-state index is 0.159. The Morgan fingerprint density at radius 2 is 2.06 bits per heavy atom. The van der Waals surface area contributed by atoms with Gasteiger partial charge in [-0.2, -0.15) is 5.10 Å². The number of hydrogen-bond donors (Lipinski definition) is 2. The van der Waals surface area contributed by atoms with Gasteiger partial charge in [0.05, 0.1) is 40.0 Å². The Kier molecular flexibility index (Phi) is 6.88. The van der Waals surface area contributed by atoms with Crippen molar-refractivity contribution in [3.63, 3.8) is 0 Å². The fourth-order valence-corrected chi connectivity index (χ4v) is 4.80. The highest BCUT2D eigenvalue weighted by molar-refractivity contribution is 7.89. The molecule has 9 heteroatoms. The standard InChI is InChI=1S/C22H29N5O3S/c1-14-6-7-19(31(29,30)24-12-17-9-18(28)10-17)11-20(14)21(13-23-4)25-16(3)22-8-15(2)26-27(22)5/h6-8,11,13,17-18,24,28H,4,9-10,12H2,1-3,5H3/b21-13-,25-16?. The van der Waals surface area contributed by atoms with Gasteiger partial charge < -0.3 is 5.11 Å². The summed E-state index contributed by atoms with van der Waals surface area (Å²) in [5.74, 6) is 0.171. The smallest absolute Gasteiger partial charge is 0.240 e. The summed E-state index contributed by atoms with van der Waals surface area (Å²) >= 11 is 0. The number of nitrogens with one attached hydrogen (secondary N) is 1. The van der Waals surface area contributed by atoms with E-state index < -0.39 is 10.0 Å². The number of nitrogens with zero attached hydrogens (tertiary/aromatic N) is 4. The predicted octanol–water partition coefficient (Wildman–Crippen LogP) is 2.59. The van der Waals surface area contributed by atoms with Crippen molar-refractivity contribution in [2.24, 2.45) is 23.0 Å². The molecule has 1 fully saturated rings. The number of hydrogen-bond acceptors (Lipinski definition) is 6.